The first kappa shape index (κ1) is 12.9. The van der Waals surface area contributed by atoms with Crippen molar-refractivity contribution in [3.8, 4) is 0 Å². The molecule has 1 aromatic rings. The van der Waals surface area contributed by atoms with Gasteiger partial charge in [0.05, 0.1) is 5.69 Å². The van der Waals surface area contributed by atoms with E-state index >= 15 is 0 Å². The van der Waals surface area contributed by atoms with Gasteiger partial charge in [0, 0.05) is 38.9 Å². The van der Waals surface area contributed by atoms with Gasteiger partial charge in [-0.2, -0.15) is 12.6 Å². The molecule has 1 saturated heterocycles. The lowest BCUT2D eigenvalue weighted by molar-refractivity contribution is 0.126. The first-order valence-electron chi connectivity index (χ1n) is 6.34. The average Bonchev–Trinajstić information content (AvgIpc) is 2.39. The maximum absolute atomic E-state index is 4.38. The molecule has 1 aliphatic heterocycles. The molecule has 1 aliphatic rings. The van der Waals surface area contributed by atoms with Gasteiger partial charge in [-0.3, -0.25) is 9.88 Å². The fraction of sp³-hybridized carbons (Fsp3) is 0.615. The van der Waals surface area contributed by atoms with Crippen molar-refractivity contribution in [3.05, 3.63) is 30.1 Å². The number of hydrogen-bond acceptors (Lipinski definition) is 4. The zero-order valence-electron chi connectivity index (χ0n) is 10.3. The molecular weight excluding hydrogens is 230 g/mol. The molecule has 0 spiro atoms. The minimum Gasteiger partial charge on any atom is -0.301 e. The Hall–Kier alpha value is -0.580. The number of hydrogen-bond donors (Lipinski definition) is 1. The highest BCUT2D eigenvalue weighted by atomic mass is 32.1. The SMILES string of the molecule is SCCCN1CCN(Cc2ccccn2)CC1. The van der Waals surface area contributed by atoms with Crippen molar-refractivity contribution < 1.29 is 0 Å². The maximum atomic E-state index is 4.38. The lowest BCUT2D eigenvalue weighted by Crippen LogP contribution is -2.46. The van der Waals surface area contributed by atoms with Crippen molar-refractivity contribution in [1.82, 2.24) is 14.8 Å². The minimum absolute atomic E-state index is 0.987. The van der Waals surface area contributed by atoms with E-state index < -0.39 is 0 Å². The van der Waals surface area contributed by atoms with Gasteiger partial charge < -0.3 is 4.90 Å². The zero-order chi connectivity index (χ0) is 11.9. The molecule has 0 unspecified atom stereocenters. The van der Waals surface area contributed by atoms with Crippen LogP contribution in [0.4, 0.5) is 0 Å². The second-order valence-corrected chi connectivity index (χ2v) is 4.96. The number of piperazine rings is 1. The quantitative estimate of drug-likeness (QED) is 0.801. The molecule has 4 heteroatoms. The summed E-state index contributed by atoms with van der Waals surface area (Å²) in [6.07, 6.45) is 3.07. The first-order valence-corrected chi connectivity index (χ1v) is 6.97. The van der Waals surface area contributed by atoms with Gasteiger partial charge in [-0.1, -0.05) is 6.07 Å². The maximum Gasteiger partial charge on any atom is 0.0543 e. The van der Waals surface area contributed by atoms with E-state index in [9.17, 15) is 0 Å². The molecule has 0 N–H and O–H groups in total. The van der Waals surface area contributed by atoms with E-state index in [4.69, 9.17) is 0 Å². The normalized spacial score (nSPS) is 18.4. The monoisotopic (exact) mass is 251 g/mol. The fourth-order valence-corrected chi connectivity index (χ4v) is 2.33. The van der Waals surface area contributed by atoms with E-state index in [-0.39, 0.29) is 0 Å². The molecule has 3 nitrogen and oxygen atoms in total. The summed E-state index contributed by atoms with van der Waals surface area (Å²) < 4.78 is 0. The third-order valence-corrected chi connectivity index (χ3v) is 3.53. The van der Waals surface area contributed by atoms with Crippen molar-refractivity contribution in [1.29, 1.82) is 0 Å². The zero-order valence-corrected chi connectivity index (χ0v) is 11.1. The summed E-state index contributed by atoms with van der Waals surface area (Å²) in [6, 6.07) is 6.14. The van der Waals surface area contributed by atoms with Gasteiger partial charge in [0.25, 0.3) is 0 Å². The van der Waals surface area contributed by atoms with E-state index in [0.717, 1.165) is 25.4 Å². The molecule has 0 radical (unpaired) electrons. The summed E-state index contributed by atoms with van der Waals surface area (Å²) >= 11 is 4.26. The third kappa shape index (κ3) is 4.30. The molecule has 0 aliphatic carbocycles. The minimum atomic E-state index is 0.987. The number of thiol groups is 1. The summed E-state index contributed by atoms with van der Waals surface area (Å²) in [5.41, 5.74) is 1.18. The smallest absolute Gasteiger partial charge is 0.0543 e. The summed E-state index contributed by atoms with van der Waals surface area (Å²) in [4.78, 5) is 9.39. The van der Waals surface area contributed by atoms with Crippen LogP contribution < -0.4 is 0 Å². The molecule has 2 heterocycles. The first-order chi connectivity index (χ1) is 8.38. The Morgan fingerprint density at radius 3 is 2.53 bits per heavy atom. The molecule has 94 valence electrons. The molecule has 0 bridgehead atoms. The van der Waals surface area contributed by atoms with Gasteiger partial charge in [0.1, 0.15) is 0 Å². The molecule has 17 heavy (non-hydrogen) atoms. The summed E-state index contributed by atoms with van der Waals surface area (Å²) in [7, 11) is 0. The predicted octanol–water partition coefficient (Wildman–Crippen LogP) is 1.52. The average molecular weight is 251 g/mol. The highest BCUT2D eigenvalue weighted by Gasteiger charge is 2.16. The molecule has 0 amide bonds. The molecule has 0 saturated carbocycles. The van der Waals surface area contributed by atoms with E-state index in [1.165, 1.54) is 31.7 Å². The molecule has 1 fully saturated rings. The van der Waals surface area contributed by atoms with Crippen molar-refractivity contribution in [2.75, 3.05) is 38.5 Å². The van der Waals surface area contributed by atoms with Gasteiger partial charge in [-0.05, 0) is 30.9 Å². The van der Waals surface area contributed by atoms with Gasteiger partial charge in [-0.25, -0.2) is 0 Å². The Morgan fingerprint density at radius 2 is 1.88 bits per heavy atom. The molecule has 0 aromatic carbocycles. The van der Waals surface area contributed by atoms with Gasteiger partial charge in [0.2, 0.25) is 0 Å². The highest BCUT2D eigenvalue weighted by molar-refractivity contribution is 7.80. The number of nitrogens with zero attached hydrogens (tertiary/aromatic N) is 3. The van der Waals surface area contributed by atoms with Crippen molar-refractivity contribution >= 4 is 12.6 Å². The predicted molar refractivity (Wildman–Crippen MR) is 74.4 cm³/mol. The standard InChI is InChI=1S/C13H21N3S/c17-11-3-6-15-7-9-16(10-8-15)12-13-4-1-2-5-14-13/h1-2,4-5,17H,3,6-12H2. The Morgan fingerprint density at radius 1 is 1.12 bits per heavy atom. The second-order valence-electron chi connectivity index (χ2n) is 4.52. The Kier molecular flexibility index (Phi) is 5.29. The Balaban J connectivity index is 1.72. The topological polar surface area (TPSA) is 19.4 Å². The second kappa shape index (κ2) is 6.99. The van der Waals surface area contributed by atoms with Crippen LogP contribution in [0.5, 0.6) is 0 Å². The Labute approximate surface area is 109 Å². The number of rotatable bonds is 5. The number of aromatic nitrogens is 1. The Bertz CT molecular complexity index is 310. The van der Waals surface area contributed by atoms with Crippen LogP contribution in [-0.4, -0.2) is 53.3 Å². The van der Waals surface area contributed by atoms with Crippen molar-refractivity contribution in [3.63, 3.8) is 0 Å². The summed E-state index contributed by atoms with van der Waals surface area (Å²) in [5, 5.41) is 0. The summed E-state index contributed by atoms with van der Waals surface area (Å²) in [5.74, 6) is 0.994. The molecule has 0 atom stereocenters. The van der Waals surface area contributed by atoms with Crippen molar-refractivity contribution in [2.24, 2.45) is 0 Å². The van der Waals surface area contributed by atoms with Crippen LogP contribution in [0.15, 0.2) is 24.4 Å². The van der Waals surface area contributed by atoms with E-state index in [0.29, 0.717) is 0 Å². The highest BCUT2D eigenvalue weighted by Crippen LogP contribution is 2.06. The fourth-order valence-electron chi connectivity index (χ4n) is 2.19. The van der Waals surface area contributed by atoms with Gasteiger partial charge >= 0.3 is 0 Å². The third-order valence-electron chi connectivity index (χ3n) is 3.21. The van der Waals surface area contributed by atoms with Crippen molar-refractivity contribution in [2.45, 2.75) is 13.0 Å². The van der Waals surface area contributed by atoms with Crippen LogP contribution in [0.1, 0.15) is 12.1 Å². The molecular formula is C13H21N3S. The van der Waals surface area contributed by atoms with Gasteiger partial charge in [-0.15, -0.1) is 0 Å². The van der Waals surface area contributed by atoms with Crippen LogP contribution in [0.25, 0.3) is 0 Å². The van der Waals surface area contributed by atoms with E-state index in [1.54, 1.807) is 0 Å². The van der Waals surface area contributed by atoms with Crippen LogP contribution in [0, 0.1) is 0 Å². The number of pyridine rings is 1. The lowest BCUT2D eigenvalue weighted by atomic mass is 10.2. The largest absolute Gasteiger partial charge is 0.301 e. The molecule has 1 aromatic heterocycles. The van der Waals surface area contributed by atoms with Crippen LogP contribution in [0.2, 0.25) is 0 Å². The van der Waals surface area contributed by atoms with Crippen LogP contribution in [-0.2, 0) is 6.54 Å². The van der Waals surface area contributed by atoms with Crippen LogP contribution >= 0.6 is 12.6 Å². The van der Waals surface area contributed by atoms with E-state index in [2.05, 4.69) is 39.5 Å². The summed E-state index contributed by atoms with van der Waals surface area (Å²) in [6.45, 7) is 6.86. The molecule has 2 rings (SSSR count). The van der Waals surface area contributed by atoms with Gasteiger partial charge in [0.15, 0.2) is 0 Å². The van der Waals surface area contributed by atoms with E-state index in [1.807, 2.05) is 12.3 Å². The lowest BCUT2D eigenvalue weighted by Gasteiger charge is -2.34. The van der Waals surface area contributed by atoms with Crippen LogP contribution in [0.3, 0.4) is 0 Å².